The van der Waals surface area contributed by atoms with Crippen molar-refractivity contribution in [1.82, 2.24) is 10.2 Å². The first kappa shape index (κ1) is 36.5. The zero-order chi connectivity index (χ0) is 35.5. The Balaban J connectivity index is 1.51. The van der Waals surface area contributed by atoms with Crippen molar-refractivity contribution in [3.63, 3.8) is 0 Å². The number of aliphatic hydroxyl groups excluding tert-OH is 1. The van der Waals surface area contributed by atoms with Gasteiger partial charge >= 0.3 is 5.97 Å². The van der Waals surface area contributed by atoms with E-state index in [1.165, 1.54) is 4.90 Å². The zero-order valence-electron chi connectivity index (χ0n) is 28.3. The van der Waals surface area contributed by atoms with Gasteiger partial charge in [-0.25, -0.2) is 0 Å². The SMILES string of the molecule is C=CCCC(=O)N[C@H](C)[C@@H](OC(=O)[C@H]1[C@@H]2O[C@@]3(CC2Br)[C@@H]1C(=O)N(CCCO)[C@@H]3C(=O)N(CC=C)c1cc(C)ccc1C)c1ccccc1. The summed E-state index contributed by atoms with van der Waals surface area (Å²) in [6.07, 6.45) is 3.07. The van der Waals surface area contributed by atoms with Crippen molar-refractivity contribution in [3.8, 4) is 0 Å². The number of esters is 1. The van der Waals surface area contributed by atoms with E-state index in [2.05, 4.69) is 34.4 Å². The molecule has 3 aliphatic heterocycles. The van der Waals surface area contributed by atoms with Crippen LogP contribution in [0.2, 0.25) is 0 Å². The Hall–Kier alpha value is -3.80. The van der Waals surface area contributed by atoms with Gasteiger partial charge in [-0.1, -0.05) is 70.5 Å². The summed E-state index contributed by atoms with van der Waals surface area (Å²) in [5, 5.41) is 12.7. The number of nitrogens with zero attached hydrogens (tertiary/aromatic N) is 2. The van der Waals surface area contributed by atoms with E-state index >= 15 is 0 Å². The van der Waals surface area contributed by atoms with E-state index < -0.39 is 47.7 Å². The Kier molecular flexibility index (Phi) is 11.5. The number of ether oxygens (including phenoxy) is 2. The van der Waals surface area contributed by atoms with Gasteiger partial charge in [0.05, 0.1) is 24.0 Å². The van der Waals surface area contributed by atoms with E-state index in [-0.39, 0.29) is 55.1 Å². The number of halogens is 1. The second-order valence-corrected chi connectivity index (χ2v) is 14.4. The van der Waals surface area contributed by atoms with Crippen LogP contribution >= 0.6 is 15.9 Å². The molecule has 262 valence electrons. The van der Waals surface area contributed by atoms with Crippen LogP contribution in [0.5, 0.6) is 0 Å². The fourth-order valence-corrected chi connectivity index (χ4v) is 8.64. The average molecular weight is 737 g/mol. The summed E-state index contributed by atoms with van der Waals surface area (Å²) in [7, 11) is 0. The van der Waals surface area contributed by atoms with Gasteiger partial charge in [0.15, 0.2) is 0 Å². The van der Waals surface area contributed by atoms with E-state index in [1.807, 2.05) is 62.4 Å². The second kappa shape index (κ2) is 15.4. The summed E-state index contributed by atoms with van der Waals surface area (Å²) in [5.41, 5.74) is 1.93. The van der Waals surface area contributed by atoms with Crippen LogP contribution in [0.3, 0.4) is 0 Å². The number of hydrogen-bond acceptors (Lipinski definition) is 7. The lowest BCUT2D eigenvalue weighted by atomic mass is 9.70. The summed E-state index contributed by atoms with van der Waals surface area (Å²) < 4.78 is 12.9. The quantitative estimate of drug-likeness (QED) is 0.154. The Morgan fingerprint density at radius 3 is 2.59 bits per heavy atom. The number of aryl methyl sites for hydroxylation is 2. The van der Waals surface area contributed by atoms with Crippen molar-refractivity contribution in [2.75, 3.05) is 24.6 Å². The third-order valence-corrected chi connectivity index (χ3v) is 10.7. The van der Waals surface area contributed by atoms with Crippen molar-refractivity contribution >= 4 is 45.3 Å². The van der Waals surface area contributed by atoms with Gasteiger partial charge in [0, 0.05) is 36.6 Å². The van der Waals surface area contributed by atoms with Gasteiger partial charge in [0.2, 0.25) is 11.8 Å². The van der Waals surface area contributed by atoms with Gasteiger partial charge in [0.1, 0.15) is 17.7 Å². The highest BCUT2D eigenvalue weighted by Crippen LogP contribution is 2.60. The summed E-state index contributed by atoms with van der Waals surface area (Å²) in [6, 6.07) is 13.4. The minimum atomic E-state index is -1.31. The number of alkyl halides is 1. The largest absolute Gasteiger partial charge is 0.455 e. The molecule has 3 amide bonds. The van der Waals surface area contributed by atoms with Crippen molar-refractivity contribution in [2.45, 2.75) is 81.2 Å². The van der Waals surface area contributed by atoms with Crippen molar-refractivity contribution in [3.05, 3.63) is 90.5 Å². The first-order chi connectivity index (χ1) is 23.5. The average Bonchev–Trinajstić information content (AvgIpc) is 3.68. The molecule has 2 aromatic rings. The third kappa shape index (κ3) is 6.98. The first-order valence-corrected chi connectivity index (χ1v) is 17.8. The monoisotopic (exact) mass is 735 g/mol. The van der Waals surface area contributed by atoms with Crippen LogP contribution in [0.15, 0.2) is 73.8 Å². The van der Waals surface area contributed by atoms with E-state index in [1.54, 1.807) is 24.0 Å². The molecular formula is C38H46BrN3O7. The van der Waals surface area contributed by atoms with Crippen molar-refractivity contribution in [2.24, 2.45) is 11.8 Å². The topological polar surface area (TPSA) is 125 Å². The molecule has 2 N–H and O–H groups in total. The number of benzene rings is 2. The van der Waals surface area contributed by atoms with Crippen LogP contribution in [0, 0.1) is 25.7 Å². The maximum absolute atomic E-state index is 14.8. The van der Waals surface area contributed by atoms with Crippen LogP contribution in [0.4, 0.5) is 5.69 Å². The maximum Gasteiger partial charge on any atom is 0.313 e. The number of anilines is 1. The van der Waals surface area contributed by atoms with Gasteiger partial charge in [0.25, 0.3) is 5.91 Å². The van der Waals surface area contributed by atoms with Crippen LogP contribution in [0.25, 0.3) is 0 Å². The summed E-state index contributed by atoms with van der Waals surface area (Å²) in [5.74, 6) is -3.55. The van der Waals surface area contributed by atoms with Gasteiger partial charge in [-0.05, 0) is 62.8 Å². The molecule has 3 heterocycles. The number of carbonyl (C=O) groups is 4. The van der Waals surface area contributed by atoms with Crippen LogP contribution < -0.4 is 10.2 Å². The minimum Gasteiger partial charge on any atom is -0.455 e. The van der Waals surface area contributed by atoms with Crippen molar-refractivity contribution < 1.29 is 33.8 Å². The third-order valence-electron chi connectivity index (χ3n) is 9.88. The number of nitrogens with one attached hydrogen (secondary N) is 1. The Bertz CT molecular complexity index is 1580. The Morgan fingerprint density at radius 1 is 1.18 bits per heavy atom. The summed E-state index contributed by atoms with van der Waals surface area (Å²) in [4.78, 5) is 59.1. The second-order valence-electron chi connectivity index (χ2n) is 13.3. The number of aliphatic hydroxyl groups is 1. The molecule has 2 aromatic carbocycles. The smallest absolute Gasteiger partial charge is 0.313 e. The lowest BCUT2D eigenvalue weighted by molar-refractivity contribution is -0.162. The van der Waals surface area contributed by atoms with Crippen LogP contribution in [0.1, 0.15) is 55.4 Å². The number of fused-ring (bicyclic) bond motifs is 1. The molecule has 0 aromatic heterocycles. The van der Waals surface area contributed by atoms with Gasteiger partial charge in [-0.15, -0.1) is 13.2 Å². The highest BCUT2D eigenvalue weighted by molar-refractivity contribution is 9.09. The van der Waals surface area contributed by atoms with E-state index in [4.69, 9.17) is 9.47 Å². The predicted octanol–water partition coefficient (Wildman–Crippen LogP) is 4.71. The molecule has 3 fully saturated rings. The molecule has 49 heavy (non-hydrogen) atoms. The number of carbonyl (C=O) groups excluding carboxylic acids is 4. The number of rotatable bonds is 15. The van der Waals surface area contributed by atoms with Crippen LogP contribution in [-0.2, 0) is 28.7 Å². The molecule has 1 unspecified atom stereocenters. The predicted molar refractivity (Wildman–Crippen MR) is 190 cm³/mol. The molecule has 1 spiro atoms. The van der Waals surface area contributed by atoms with Crippen LogP contribution in [-0.4, -0.2) is 82.0 Å². The van der Waals surface area contributed by atoms with E-state index in [0.29, 0.717) is 24.1 Å². The standard InChI is InChI=1S/C38H46BrN3O7/c1-6-8-15-29(44)40-25(5)32(26-13-10-9-11-14-26)48-37(47)30-31-35(45)42(19-12-20-43)34(38(31)22-27(39)33(30)49-38)36(46)41(18-7-2)28-21-23(3)16-17-24(28)4/h6-7,9-11,13-14,16-17,21,25,27,30-34,43H,1-2,8,12,15,18-20,22H2,3-5H3,(H,40,44)/t25-,27?,30-,31+,32-,33-,34-,38+/m1/s1. The number of likely N-dealkylation sites (tertiary alicyclic amines) is 1. The molecule has 8 atom stereocenters. The Labute approximate surface area is 296 Å². The summed E-state index contributed by atoms with van der Waals surface area (Å²) in [6.45, 7) is 13.3. The fraction of sp³-hybridized carbons (Fsp3) is 0.474. The molecule has 10 nitrogen and oxygen atoms in total. The number of allylic oxidation sites excluding steroid dienone is 1. The normalized spacial score (nSPS) is 26.5. The van der Waals surface area contributed by atoms with Gasteiger partial charge < -0.3 is 29.7 Å². The van der Waals surface area contributed by atoms with E-state index in [9.17, 15) is 24.3 Å². The van der Waals surface area contributed by atoms with E-state index in [0.717, 1.165) is 11.1 Å². The van der Waals surface area contributed by atoms with Gasteiger partial charge in [-0.3, -0.25) is 19.2 Å². The molecular weight excluding hydrogens is 690 g/mol. The highest BCUT2D eigenvalue weighted by atomic mass is 79.9. The summed E-state index contributed by atoms with van der Waals surface area (Å²) >= 11 is 3.73. The molecule has 5 rings (SSSR count). The maximum atomic E-state index is 14.8. The molecule has 0 aliphatic carbocycles. The van der Waals surface area contributed by atoms with Crippen molar-refractivity contribution in [1.29, 1.82) is 0 Å². The number of hydrogen-bond donors (Lipinski definition) is 2. The molecule has 11 heteroatoms. The molecule has 0 saturated carbocycles. The lowest BCUT2D eigenvalue weighted by Gasteiger charge is -2.37. The molecule has 3 aliphatic rings. The van der Waals surface area contributed by atoms with Gasteiger partial charge in [-0.2, -0.15) is 0 Å². The Morgan fingerprint density at radius 2 is 1.92 bits per heavy atom. The number of amides is 3. The highest BCUT2D eigenvalue weighted by Gasteiger charge is 2.77. The molecule has 3 saturated heterocycles. The first-order valence-electron chi connectivity index (χ1n) is 16.9. The minimum absolute atomic E-state index is 0.113. The molecule has 0 radical (unpaired) electrons. The fourth-order valence-electron chi connectivity index (χ4n) is 7.69. The zero-order valence-corrected chi connectivity index (χ0v) is 29.9. The molecule has 2 bridgehead atoms. The lowest BCUT2D eigenvalue weighted by Crippen LogP contribution is -2.57.